The first-order chi connectivity index (χ1) is 16.4. The Morgan fingerprint density at radius 1 is 1.26 bits per heavy atom. The van der Waals surface area contributed by atoms with Crippen LogP contribution in [-0.4, -0.2) is 79.7 Å². The molecule has 35 heavy (non-hydrogen) atoms. The third-order valence-corrected chi connectivity index (χ3v) is 7.03. The van der Waals surface area contributed by atoms with Crippen LogP contribution in [0, 0.1) is 0 Å². The Morgan fingerprint density at radius 3 is 2.66 bits per heavy atom. The van der Waals surface area contributed by atoms with Gasteiger partial charge < -0.3 is 34.5 Å². The van der Waals surface area contributed by atoms with Gasteiger partial charge in [-0.1, -0.05) is 12.8 Å². The van der Waals surface area contributed by atoms with Gasteiger partial charge >= 0.3 is 13.8 Å². The molecule has 2 unspecified atom stereocenters. The summed E-state index contributed by atoms with van der Waals surface area (Å²) >= 11 is 6.12. The number of anilines is 1. The zero-order valence-corrected chi connectivity index (χ0v) is 19.9. The minimum atomic E-state index is -4.78. The van der Waals surface area contributed by atoms with Crippen LogP contribution in [0.3, 0.4) is 0 Å². The summed E-state index contributed by atoms with van der Waals surface area (Å²) in [7, 11) is -4.69. The molecule has 2 aromatic heterocycles. The molecular formula is C19H25ClF3N4O7P. The molecule has 0 amide bonds. The molecule has 5 atom stereocenters. The molecule has 4 N–H and O–H groups in total. The highest BCUT2D eigenvalue weighted by Gasteiger charge is 2.44. The van der Waals surface area contributed by atoms with Gasteiger partial charge in [-0.15, -0.1) is 0 Å². The number of alkyl halides is 3. The molecule has 1 aliphatic heterocycles. The molecule has 11 nitrogen and oxygen atoms in total. The Kier molecular flexibility index (Phi) is 7.94. The average Bonchev–Trinajstić information content (AvgIpc) is 3.48. The van der Waals surface area contributed by atoms with E-state index >= 15 is 0 Å². The van der Waals surface area contributed by atoms with E-state index in [9.17, 15) is 32.8 Å². The number of hydrogen-bond donors (Lipinski definition) is 4. The topological polar surface area (TPSA) is 148 Å². The molecule has 0 aromatic carbocycles. The number of ether oxygens (including phenoxy) is 2. The second-order valence-electron chi connectivity index (χ2n) is 8.50. The number of nitrogens with zero attached hydrogens (tertiary/aromatic N) is 3. The van der Waals surface area contributed by atoms with Crippen LogP contribution in [0.5, 0.6) is 0 Å². The Hall–Kier alpha value is -1.51. The first-order valence-electron chi connectivity index (χ1n) is 10.9. The number of fused-ring (bicyclic) bond motifs is 1. The standard InChI is InChI=1S/C19H25ClF3N4O7P/c20-18-25-15(24-10-3-1-2-4-10)11-5-6-27(16(11)26-18)17-14(29)13(28)12(34-17)7-32-9-35(30,31)33-8-19(21,22)23/h5-6,10,12-14,17,28-29H,1-4,7-9H2,(H,30,31)(H,24,25,26)/t12?,13-,14-,17-/m1/s1. The van der Waals surface area contributed by atoms with Crippen LogP contribution in [0.15, 0.2) is 12.3 Å². The van der Waals surface area contributed by atoms with Crippen molar-refractivity contribution < 1.29 is 46.8 Å². The van der Waals surface area contributed by atoms with Crippen LogP contribution in [-0.2, 0) is 18.6 Å². The van der Waals surface area contributed by atoms with Gasteiger partial charge in [0.1, 0.15) is 36.1 Å². The van der Waals surface area contributed by atoms with Crippen LogP contribution < -0.4 is 5.32 Å². The zero-order chi connectivity index (χ0) is 25.4. The van der Waals surface area contributed by atoms with E-state index in [4.69, 9.17) is 21.1 Å². The van der Waals surface area contributed by atoms with Crippen molar-refractivity contribution >= 4 is 36.0 Å². The van der Waals surface area contributed by atoms with Crippen molar-refractivity contribution in [1.29, 1.82) is 0 Å². The SMILES string of the molecule is O=P(O)(COCC1O[C@@H](n2ccc3c(NC4CCCC4)nc(Cl)nc32)[C@H](O)[C@@H]1O)OCC(F)(F)F. The molecule has 4 rings (SSSR count). The summed E-state index contributed by atoms with van der Waals surface area (Å²) in [6.45, 7) is -2.39. The van der Waals surface area contributed by atoms with Crippen LogP contribution in [0.4, 0.5) is 19.0 Å². The monoisotopic (exact) mass is 544 g/mol. The van der Waals surface area contributed by atoms with Crippen molar-refractivity contribution in [1.82, 2.24) is 14.5 Å². The largest absolute Gasteiger partial charge is 0.412 e. The van der Waals surface area contributed by atoms with E-state index in [0.717, 1.165) is 25.7 Å². The lowest BCUT2D eigenvalue weighted by Gasteiger charge is -2.18. The molecule has 2 aromatic rings. The summed E-state index contributed by atoms with van der Waals surface area (Å²) in [5.74, 6) is 0.538. The first kappa shape index (κ1) is 26.6. The normalized spacial score (nSPS) is 27.5. The van der Waals surface area contributed by atoms with Gasteiger partial charge in [0.2, 0.25) is 5.28 Å². The molecule has 0 bridgehead atoms. The number of aromatic nitrogens is 3. The number of halogens is 4. The molecule has 2 fully saturated rings. The van der Waals surface area contributed by atoms with Crippen molar-refractivity contribution in [3.63, 3.8) is 0 Å². The number of rotatable bonds is 9. The van der Waals surface area contributed by atoms with Gasteiger partial charge in [0.25, 0.3) is 0 Å². The van der Waals surface area contributed by atoms with Gasteiger partial charge in [-0.25, -0.2) is 4.98 Å². The maximum absolute atomic E-state index is 12.2. The van der Waals surface area contributed by atoms with Crippen LogP contribution in [0.2, 0.25) is 5.28 Å². The van der Waals surface area contributed by atoms with Crippen LogP contribution in [0.1, 0.15) is 31.9 Å². The maximum atomic E-state index is 12.2. The highest BCUT2D eigenvalue weighted by molar-refractivity contribution is 7.52. The average molecular weight is 545 g/mol. The fourth-order valence-corrected chi connectivity index (χ4v) is 5.10. The summed E-state index contributed by atoms with van der Waals surface area (Å²) in [6, 6.07) is 1.97. The number of nitrogens with one attached hydrogen (secondary N) is 1. The number of aliphatic hydroxyl groups is 2. The highest BCUT2D eigenvalue weighted by Crippen LogP contribution is 2.43. The lowest BCUT2D eigenvalue weighted by atomic mass is 10.1. The molecule has 3 heterocycles. The Morgan fingerprint density at radius 2 is 1.97 bits per heavy atom. The van der Waals surface area contributed by atoms with E-state index in [-0.39, 0.29) is 11.3 Å². The molecule has 1 saturated carbocycles. The molecular weight excluding hydrogens is 520 g/mol. The van der Waals surface area contributed by atoms with E-state index < -0.39 is 57.9 Å². The van der Waals surface area contributed by atoms with E-state index in [0.29, 0.717) is 16.9 Å². The molecule has 16 heteroatoms. The maximum Gasteiger partial charge on any atom is 0.412 e. The molecule has 2 aliphatic rings. The van der Waals surface area contributed by atoms with E-state index in [1.165, 1.54) is 4.57 Å². The minimum absolute atomic E-state index is 0.0246. The van der Waals surface area contributed by atoms with Crippen molar-refractivity contribution in [2.45, 2.75) is 62.4 Å². The number of hydrogen-bond acceptors (Lipinski definition) is 9. The fraction of sp³-hybridized carbons (Fsp3) is 0.684. The third-order valence-electron chi connectivity index (χ3n) is 5.82. The smallest absolute Gasteiger partial charge is 0.387 e. The zero-order valence-electron chi connectivity index (χ0n) is 18.3. The Labute approximate surface area is 202 Å². The van der Waals surface area contributed by atoms with Crippen LogP contribution in [0.25, 0.3) is 11.0 Å². The lowest BCUT2D eigenvalue weighted by Crippen LogP contribution is -2.34. The molecule has 1 saturated heterocycles. The molecule has 196 valence electrons. The summed E-state index contributed by atoms with van der Waals surface area (Å²) in [4.78, 5) is 18.0. The Balaban J connectivity index is 1.43. The molecule has 1 aliphatic carbocycles. The van der Waals surface area contributed by atoms with Gasteiger partial charge in [-0.3, -0.25) is 9.09 Å². The van der Waals surface area contributed by atoms with Crippen molar-refractivity contribution in [3.8, 4) is 0 Å². The minimum Gasteiger partial charge on any atom is -0.387 e. The Bertz CT molecular complexity index is 1080. The fourth-order valence-electron chi connectivity index (χ4n) is 4.18. The lowest BCUT2D eigenvalue weighted by molar-refractivity contribution is -0.155. The van der Waals surface area contributed by atoms with Gasteiger partial charge in [0, 0.05) is 12.2 Å². The quantitative estimate of drug-likeness (QED) is 0.274. The van der Waals surface area contributed by atoms with Gasteiger partial charge in [0.15, 0.2) is 12.8 Å². The summed E-state index contributed by atoms with van der Waals surface area (Å²) < 4.78 is 64.4. The number of aliphatic hydroxyl groups excluding tert-OH is 2. The second kappa shape index (κ2) is 10.5. The predicted molar refractivity (Wildman–Crippen MR) is 117 cm³/mol. The van der Waals surface area contributed by atoms with Crippen LogP contribution >= 0.6 is 19.2 Å². The van der Waals surface area contributed by atoms with E-state index in [1.807, 2.05) is 0 Å². The van der Waals surface area contributed by atoms with Crippen molar-refractivity contribution in [2.24, 2.45) is 0 Å². The van der Waals surface area contributed by atoms with E-state index in [1.54, 1.807) is 12.3 Å². The summed E-state index contributed by atoms with van der Waals surface area (Å²) in [5, 5.41) is 24.9. The predicted octanol–water partition coefficient (Wildman–Crippen LogP) is 2.80. The first-order valence-corrected chi connectivity index (χ1v) is 13.0. The van der Waals surface area contributed by atoms with Crippen molar-refractivity contribution in [2.75, 3.05) is 24.9 Å². The van der Waals surface area contributed by atoms with E-state index in [2.05, 4.69) is 19.8 Å². The second-order valence-corrected chi connectivity index (χ2v) is 10.6. The van der Waals surface area contributed by atoms with Gasteiger partial charge in [-0.2, -0.15) is 18.2 Å². The highest BCUT2D eigenvalue weighted by atomic mass is 35.5. The molecule has 0 spiro atoms. The third kappa shape index (κ3) is 6.44. The summed E-state index contributed by atoms with van der Waals surface area (Å²) in [5.41, 5.74) is 0.351. The van der Waals surface area contributed by atoms with Gasteiger partial charge in [0.05, 0.1) is 12.0 Å². The summed E-state index contributed by atoms with van der Waals surface area (Å²) in [6.07, 6.45) is -5.15. The van der Waals surface area contributed by atoms with Crippen molar-refractivity contribution in [3.05, 3.63) is 17.5 Å². The van der Waals surface area contributed by atoms with Gasteiger partial charge in [-0.05, 0) is 30.5 Å². The molecule has 0 radical (unpaired) electrons.